The second-order valence-corrected chi connectivity index (χ2v) is 6.02. The molecule has 25 heavy (non-hydrogen) atoms. The van der Waals surface area contributed by atoms with Crippen LogP contribution in [0.3, 0.4) is 0 Å². The van der Waals surface area contributed by atoms with Crippen LogP contribution in [0.4, 0.5) is 0 Å². The van der Waals surface area contributed by atoms with Crippen molar-refractivity contribution in [2.24, 2.45) is 0 Å². The van der Waals surface area contributed by atoms with Crippen LogP contribution in [0.15, 0.2) is 54.1 Å². The van der Waals surface area contributed by atoms with Gasteiger partial charge in [-0.25, -0.2) is 0 Å². The van der Waals surface area contributed by atoms with Crippen molar-refractivity contribution in [1.82, 2.24) is 0 Å². The van der Waals surface area contributed by atoms with E-state index >= 15 is 0 Å². The largest absolute Gasteiger partial charge is 0.507 e. The zero-order chi connectivity index (χ0) is 18.1. The number of halogens is 1. The van der Waals surface area contributed by atoms with Crippen LogP contribution in [0.25, 0.3) is 5.76 Å². The number of ketones is 2. The predicted molar refractivity (Wildman–Crippen MR) is 91.4 cm³/mol. The molecule has 0 saturated carbocycles. The molecule has 1 aliphatic carbocycles. The van der Waals surface area contributed by atoms with Gasteiger partial charge in [-0.05, 0) is 17.7 Å². The Kier molecular flexibility index (Phi) is 4.37. The van der Waals surface area contributed by atoms with Crippen molar-refractivity contribution < 1.29 is 19.6 Å². The maximum Gasteiger partial charge on any atom is 0.234 e. The van der Waals surface area contributed by atoms with Gasteiger partial charge >= 0.3 is 0 Å². The zero-order valence-corrected chi connectivity index (χ0v) is 13.6. The minimum Gasteiger partial charge on any atom is -0.507 e. The van der Waals surface area contributed by atoms with E-state index in [0.717, 1.165) is 0 Å². The molecular weight excluding hydrogens is 346 g/mol. The molecule has 126 valence electrons. The first-order valence-corrected chi connectivity index (χ1v) is 7.76. The summed E-state index contributed by atoms with van der Waals surface area (Å²) < 4.78 is 0. The molecule has 0 amide bonds. The molecule has 0 unspecified atom stereocenters. The summed E-state index contributed by atoms with van der Waals surface area (Å²) in [6.07, 6.45) is 0. The predicted octanol–water partition coefficient (Wildman–Crippen LogP) is 3.44. The number of carbonyl (C=O) groups is 2. The van der Waals surface area contributed by atoms with Gasteiger partial charge in [0.15, 0.2) is 0 Å². The lowest BCUT2D eigenvalue weighted by Gasteiger charge is -2.22. The molecule has 0 aliphatic heterocycles. The standard InChI is InChI=1S/C18H12ClNO5/c19-11-7-5-10(6-8-11)14(9-20(24)25)15-16(21)12-3-1-2-4-13(12)17(22)18(15)23/h1-8,14,21H,9H2/t14-/m1/s1. The minimum absolute atomic E-state index is 0.0877. The third-order valence-corrected chi connectivity index (χ3v) is 4.34. The van der Waals surface area contributed by atoms with Crippen LogP contribution in [0, 0.1) is 10.1 Å². The molecule has 7 heteroatoms. The summed E-state index contributed by atoms with van der Waals surface area (Å²) in [5, 5.41) is 22.1. The van der Waals surface area contributed by atoms with E-state index < -0.39 is 34.7 Å². The number of rotatable bonds is 4. The van der Waals surface area contributed by atoms with Crippen molar-refractivity contribution in [1.29, 1.82) is 0 Å². The van der Waals surface area contributed by atoms with E-state index in [1.807, 2.05) is 0 Å². The summed E-state index contributed by atoms with van der Waals surface area (Å²) in [4.78, 5) is 35.4. The number of aliphatic hydroxyl groups excluding tert-OH is 1. The van der Waals surface area contributed by atoms with Crippen molar-refractivity contribution in [3.63, 3.8) is 0 Å². The van der Waals surface area contributed by atoms with Crippen molar-refractivity contribution in [2.45, 2.75) is 5.92 Å². The van der Waals surface area contributed by atoms with Crippen LogP contribution >= 0.6 is 11.6 Å². The molecule has 1 aliphatic rings. The monoisotopic (exact) mass is 357 g/mol. The van der Waals surface area contributed by atoms with E-state index in [4.69, 9.17) is 11.6 Å². The first kappa shape index (κ1) is 16.9. The maximum absolute atomic E-state index is 12.5. The number of Topliss-reactive ketones (excluding diaryl/α,β-unsaturated/α-hetero) is 2. The van der Waals surface area contributed by atoms with E-state index in [1.54, 1.807) is 12.1 Å². The molecule has 0 aromatic heterocycles. The Labute approximate surface area is 147 Å². The van der Waals surface area contributed by atoms with Gasteiger partial charge in [0.2, 0.25) is 18.1 Å². The highest BCUT2D eigenvalue weighted by Gasteiger charge is 2.39. The Balaban J connectivity index is 2.20. The summed E-state index contributed by atoms with van der Waals surface area (Å²) in [7, 11) is 0. The van der Waals surface area contributed by atoms with E-state index in [9.17, 15) is 24.8 Å². The molecule has 0 bridgehead atoms. The molecule has 0 radical (unpaired) electrons. The summed E-state index contributed by atoms with van der Waals surface area (Å²) in [6, 6.07) is 12.3. The van der Waals surface area contributed by atoms with E-state index in [-0.39, 0.29) is 16.7 Å². The number of hydrogen-bond acceptors (Lipinski definition) is 5. The Morgan fingerprint density at radius 2 is 1.60 bits per heavy atom. The quantitative estimate of drug-likeness (QED) is 0.513. The number of carbonyl (C=O) groups excluding carboxylic acids is 2. The fourth-order valence-electron chi connectivity index (χ4n) is 2.92. The molecule has 0 spiro atoms. The Morgan fingerprint density at radius 3 is 2.20 bits per heavy atom. The SMILES string of the molecule is O=C1C(=O)c2ccccc2C(O)=C1[C@H](C[N+](=O)[O-])c1ccc(Cl)cc1. The van der Waals surface area contributed by atoms with E-state index in [0.29, 0.717) is 10.6 Å². The zero-order valence-electron chi connectivity index (χ0n) is 12.8. The number of fused-ring (bicyclic) bond motifs is 1. The molecular formula is C18H12ClNO5. The van der Waals surface area contributed by atoms with Crippen LogP contribution in [0.2, 0.25) is 5.02 Å². The number of nitrogens with zero attached hydrogens (tertiary/aromatic N) is 1. The minimum atomic E-state index is -1.06. The lowest BCUT2D eigenvalue weighted by atomic mass is 9.79. The molecule has 0 fully saturated rings. The van der Waals surface area contributed by atoms with E-state index in [1.165, 1.54) is 36.4 Å². The lowest BCUT2D eigenvalue weighted by molar-refractivity contribution is -0.481. The fraction of sp³-hybridized carbons (Fsp3) is 0.111. The van der Waals surface area contributed by atoms with Crippen molar-refractivity contribution in [3.05, 3.63) is 85.9 Å². The fourth-order valence-corrected chi connectivity index (χ4v) is 3.04. The molecule has 1 N–H and O–H groups in total. The normalized spacial score (nSPS) is 15.1. The molecule has 6 nitrogen and oxygen atoms in total. The van der Waals surface area contributed by atoms with Crippen LogP contribution in [-0.4, -0.2) is 28.1 Å². The highest BCUT2D eigenvalue weighted by Crippen LogP contribution is 2.36. The van der Waals surface area contributed by atoms with Crippen molar-refractivity contribution in [3.8, 4) is 0 Å². The second kappa shape index (κ2) is 6.49. The summed E-state index contributed by atoms with van der Waals surface area (Å²) in [5.41, 5.74) is 0.444. The number of benzene rings is 2. The average Bonchev–Trinajstić information content (AvgIpc) is 2.59. The van der Waals surface area contributed by atoms with Crippen molar-refractivity contribution >= 4 is 28.9 Å². The van der Waals surface area contributed by atoms with Crippen LogP contribution in [-0.2, 0) is 4.79 Å². The maximum atomic E-state index is 12.5. The molecule has 0 heterocycles. The van der Waals surface area contributed by atoms with Gasteiger partial charge in [0.1, 0.15) is 5.76 Å². The van der Waals surface area contributed by atoms with Crippen LogP contribution in [0.1, 0.15) is 27.4 Å². The van der Waals surface area contributed by atoms with Crippen LogP contribution in [0.5, 0.6) is 0 Å². The second-order valence-electron chi connectivity index (χ2n) is 5.59. The first-order chi connectivity index (χ1) is 11.9. The number of nitro groups is 1. The van der Waals surface area contributed by atoms with Gasteiger partial charge in [0.25, 0.3) is 0 Å². The Hall–Kier alpha value is -2.99. The number of aliphatic hydroxyl groups is 1. The van der Waals surface area contributed by atoms with Gasteiger partial charge in [-0.2, -0.15) is 0 Å². The summed E-state index contributed by atoms with van der Waals surface area (Å²) in [6.45, 7) is -0.637. The number of hydrogen-bond donors (Lipinski definition) is 1. The van der Waals surface area contributed by atoms with E-state index in [2.05, 4.69) is 0 Å². The molecule has 0 saturated heterocycles. The summed E-state index contributed by atoms with van der Waals surface area (Å²) in [5.74, 6) is -3.18. The highest BCUT2D eigenvalue weighted by molar-refractivity contribution is 6.52. The Bertz CT molecular complexity index is 917. The third-order valence-electron chi connectivity index (χ3n) is 4.09. The highest BCUT2D eigenvalue weighted by atomic mass is 35.5. The summed E-state index contributed by atoms with van der Waals surface area (Å²) >= 11 is 5.84. The molecule has 2 aromatic rings. The lowest BCUT2D eigenvalue weighted by Crippen LogP contribution is -2.30. The topological polar surface area (TPSA) is 97.5 Å². The average molecular weight is 358 g/mol. The van der Waals surface area contributed by atoms with Gasteiger partial charge in [0.05, 0.1) is 11.5 Å². The molecule has 3 rings (SSSR count). The van der Waals surface area contributed by atoms with Gasteiger partial charge in [0, 0.05) is 21.1 Å². The molecule has 2 aromatic carbocycles. The van der Waals surface area contributed by atoms with Crippen LogP contribution < -0.4 is 0 Å². The van der Waals surface area contributed by atoms with Gasteiger partial charge in [-0.15, -0.1) is 0 Å². The van der Waals surface area contributed by atoms with Gasteiger partial charge < -0.3 is 5.11 Å². The van der Waals surface area contributed by atoms with Crippen molar-refractivity contribution in [2.75, 3.05) is 6.54 Å². The Morgan fingerprint density at radius 1 is 1.00 bits per heavy atom. The third kappa shape index (κ3) is 3.04. The first-order valence-electron chi connectivity index (χ1n) is 7.39. The smallest absolute Gasteiger partial charge is 0.234 e. The molecule has 1 atom stereocenters. The van der Waals surface area contributed by atoms with Gasteiger partial charge in [-0.3, -0.25) is 19.7 Å². The van der Waals surface area contributed by atoms with Gasteiger partial charge in [-0.1, -0.05) is 48.0 Å².